The average Bonchev–Trinajstić information content (AvgIpc) is 3.23. The van der Waals surface area contributed by atoms with E-state index in [9.17, 15) is 14.9 Å². The van der Waals surface area contributed by atoms with Crippen molar-refractivity contribution in [1.29, 1.82) is 5.26 Å². The Morgan fingerprint density at radius 3 is 2.54 bits per heavy atom. The molecule has 8 nitrogen and oxygen atoms in total. The molecule has 5 unspecified atom stereocenters. The second-order valence-electron chi connectivity index (χ2n) is 13.1. The molecule has 1 heterocycles. The molecule has 0 aromatic heterocycles. The van der Waals surface area contributed by atoms with Crippen molar-refractivity contribution in [2.75, 3.05) is 13.7 Å². The molecular weight excluding hydrogens is 499 g/mol. The smallest absolute Gasteiger partial charge is 0.414 e. The second-order valence-corrected chi connectivity index (χ2v) is 13.1. The second kappa shape index (κ2) is 9.88. The summed E-state index contributed by atoms with van der Waals surface area (Å²) in [6, 6.07) is 7.60. The molecule has 3 aliphatic rings. The molecule has 212 valence electrons. The Bertz CT molecular complexity index is 1230. The van der Waals surface area contributed by atoms with Gasteiger partial charge < -0.3 is 9.47 Å². The van der Waals surface area contributed by atoms with Crippen LogP contribution in [-0.4, -0.2) is 53.9 Å². The summed E-state index contributed by atoms with van der Waals surface area (Å²) in [5.74, 6) is -0.0975. The van der Waals surface area contributed by atoms with Crippen LogP contribution in [0.15, 0.2) is 23.2 Å². The van der Waals surface area contributed by atoms with E-state index in [4.69, 9.17) is 14.5 Å². The van der Waals surface area contributed by atoms with Crippen molar-refractivity contribution >= 4 is 18.0 Å². The minimum absolute atomic E-state index is 0.0240. The Hall–Kier alpha value is -2.99. The van der Waals surface area contributed by atoms with Gasteiger partial charge in [0.1, 0.15) is 11.3 Å². The van der Waals surface area contributed by atoms with E-state index in [1.807, 2.05) is 6.07 Å². The van der Waals surface area contributed by atoms with Crippen LogP contribution in [0.4, 0.5) is 9.18 Å². The van der Waals surface area contributed by atoms with E-state index in [-0.39, 0.29) is 36.4 Å². The van der Waals surface area contributed by atoms with Gasteiger partial charge in [0.05, 0.1) is 24.3 Å². The topological polar surface area (TPSA) is 104 Å². The summed E-state index contributed by atoms with van der Waals surface area (Å²) < 4.78 is 26.5. The Kier molecular flexibility index (Phi) is 7.35. The van der Waals surface area contributed by atoms with Crippen molar-refractivity contribution in [3.63, 3.8) is 0 Å². The quantitative estimate of drug-likeness (QED) is 0.563. The van der Waals surface area contributed by atoms with Crippen LogP contribution >= 0.6 is 0 Å². The number of alkyl carbamates (subject to hydrolysis) is 1. The summed E-state index contributed by atoms with van der Waals surface area (Å²) in [4.78, 5) is 33.9. The summed E-state index contributed by atoms with van der Waals surface area (Å²) in [7, 11) is 1.73. The number of hydrogen-bond donors (Lipinski definition) is 1. The number of benzene rings is 1. The Labute approximate surface area is 230 Å². The molecule has 0 radical (unpaired) electrons. The van der Waals surface area contributed by atoms with Gasteiger partial charge in [0.25, 0.3) is 5.91 Å². The van der Waals surface area contributed by atoms with Crippen molar-refractivity contribution in [3.05, 3.63) is 34.9 Å². The lowest BCUT2D eigenvalue weighted by Gasteiger charge is -2.51. The van der Waals surface area contributed by atoms with Gasteiger partial charge >= 0.3 is 6.09 Å². The average molecular weight is 541 g/mol. The number of nitrogens with one attached hydrogen (secondary N) is 1. The molecule has 1 saturated carbocycles. The summed E-state index contributed by atoms with van der Waals surface area (Å²) >= 11 is 0. The first-order valence-corrected chi connectivity index (χ1v) is 13.8. The molecule has 39 heavy (non-hydrogen) atoms. The molecule has 1 aliphatic heterocycles. The number of halogens is 1. The molecular formula is C30H41FN4O4. The van der Waals surface area contributed by atoms with Crippen LogP contribution in [0.3, 0.4) is 0 Å². The summed E-state index contributed by atoms with van der Waals surface area (Å²) in [5.41, 5.74) is -2.55. The fraction of sp³-hybridized carbons (Fsp3) is 0.667. The Morgan fingerprint density at radius 2 is 1.97 bits per heavy atom. The van der Waals surface area contributed by atoms with Crippen LogP contribution in [-0.2, 0) is 26.2 Å². The maximum Gasteiger partial charge on any atom is 0.414 e. The first-order valence-electron chi connectivity index (χ1n) is 13.8. The molecule has 4 rings (SSSR count). The molecule has 1 fully saturated rings. The third-order valence-electron chi connectivity index (χ3n) is 8.34. The normalized spacial score (nSPS) is 30.4. The van der Waals surface area contributed by atoms with Crippen LogP contribution in [0.5, 0.6) is 0 Å². The third kappa shape index (κ3) is 5.04. The van der Waals surface area contributed by atoms with E-state index >= 15 is 4.39 Å². The van der Waals surface area contributed by atoms with Gasteiger partial charge in [0, 0.05) is 12.5 Å². The van der Waals surface area contributed by atoms with Crippen molar-refractivity contribution in [2.24, 2.45) is 22.2 Å². The van der Waals surface area contributed by atoms with Gasteiger partial charge in [-0.1, -0.05) is 26.3 Å². The predicted molar refractivity (Wildman–Crippen MR) is 146 cm³/mol. The lowest BCUT2D eigenvalue weighted by molar-refractivity contribution is -0.143. The van der Waals surface area contributed by atoms with E-state index in [0.717, 1.165) is 12.0 Å². The zero-order valence-electron chi connectivity index (χ0n) is 24.4. The number of hydrogen-bond acceptors (Lipinski definition) is 6. The number of alkyl halides is 1. The van der Waals surface area contributed by atoms with E-state index in [2.05, 4.69) is 25.2 Å². The monoisotopic (exact) mass is 540 g/mol. The van der Waals surface area contributed by atoms with Crippen molar-refractivity contribution in [2.45, 2.75) is 97.1 Å². The van der Waals surface area contributed by atoms with Crippen LogP contribution in [0.1, 0.15) is 84.4 Å². The SMILES string of the molecule is CCC1CC2(Cc3ccc(C#N)cc3C23N=C(NC(=O)OC(C)(C)C)N(CC(C)(C)F)C3=O)CC(C)C1OC. The lowest BCUT2D eigenvalue weighted by atomic mass is 9.56. The van der Waals surface area contributed by atoms with Crippen molar-refractivity contribution < 1.29 is 23.5 Å². The number of aliphatic imine (C=N–C) groups is 1. The van der Waals surface area contributed by atoms with E-state index in [1.165, 1.54) is 18.7 Å². The number of ether oxygens (including phenoxy) is 2. The first kappa shape index (κ1) is 29.0. The molecule has 2 aliphatic carbocycles. The molecule has 1 aromatic carbocycles. The number of rotatable bonds is 4. The Balaban J connectivity index is 1.93. The highest BCUT2D eigenvalue weighted by atomic mass is 19.1. The van der Waals surface area contributed by atoms with Gasteiger partial charge in [-0.05, 0) is 89.0 Å². The number of carbonyl (C=O) groups excluding carboxylic acids is 2. The van der Waals surface area contributed by atoms with Gasteiger partial charge in [0.2, 0.25) is 5.96 Å². The van der Waals surface area contributed by atoms with Crippen molar-refractivity contribution in [3.8, 4) is 6.07 Å². The minimum Gasteiger partial charge on any atom is -0.444 e. The van der Waals surface area contributed by atoms with Gasteiger partial charge in [-0.2, -0.15) is 5.26 Å². The Morgan fingerprint density at radius 1 is 1.28 bits per heavy atom. The van der Waals surface area contributed by atoms with E-state index in [1.54, 1.807) is 40.0 Å². The molecule has 2 spiro atoms. The van der Waals surface area contributed by atoms with E-state index < -0.39 is 28.3 Å². The molecule has 9 heteroatoms. The largest absolute Gasteiger partial charge is 0.444 e. The maximum absolute atomic E-state index is 15.1. The summed E-state index contributed by atoms with van der Waals surface area (Å²) in [5, 5.41) is 12.4. The lowest BCUT2D eigenvalue weighted by Crippen LogP contribution is -2.57. The number of guanidine groups is 1. The molecule has 0 bridgehead atoms. The highest BCUT2D eigenvalue weighted by Gasteiger charge is 2.69. The number of nitrogens with zero attached hydrogens (tertiary/aromatic N) is 3. The maximum atomic E-state index is 15.1. The fourth-order valence-corrected chi connectivity index (χ4v) is 7.15. The summed E-state index contributed by atoms with van der Waals surface area (Å²) in [6.07, 6.45) is 2.05. The van der Waals surface area contributed by atoms with Crippen LogP contribution in [0.25, 0.3) is 0 Å². The zero-order chi connectivity index (χ0) is 29.0. The van der Waals surface area contributed by atoms with Gasteiger partial charge in [-0.25, -0.2) is 14.2 Å². The molecule has 5 atom stereocenters. The zero-order valence-corrected chi connectivity index (χ0v) is 24.4. The first-order chi connectivity index (χ1) is 18.1. The van der Waals surface area contributed by atoms with Gasteiger partial charge in [-0.3, -0.25) is 15.0 Å². The molecule has 2 amide bonds. The van der Waals surface area contributed by atoms with Crippen LogP contribution in [0, 0.1) is 28.6 Å². The van der Waals surface area contributed by atoms with Crippen LogP contribution in [0.2, 0.25) is 0 Å². The number of nitriles is 1. The number of fused-ring (bicyclic) bond motifs is 3. The van der Waals surface area contributed by atoms with Gasteiger partial charge in [0.15, 0.2) is 5.54 Å². The standard InChI is InChI=1S/C30H41FN4O4/c1-9-20-14-29(13-18(2)23(20)38-8)15-21-11-10-19(16-32)12-22(21)30(29)24(36)35(17-28(6,7)31)25(34-30)33-26(37)39-27(3,4)5/h10-12,18,20,23H,9,13-15,17H2,1-8H3,(H,33,34,37). The fourth-order valence-electron chi connectivity index (χ4n) is 7.15. The number of carbonyl (C=O) groups is 2. The minimum atomic E-state index is -1.76. The highest BCUT2D eigenvalue weighted by molar-refractivity contribution is 6.12. The predicted octanol–water partition coefficient (Wildman–Crippen LogP) is 5.24. The number of amides is 2. The highest BCUT2D eigenvalue weighted by Crippen LogP contribution is 2.64. The molecule has 1 N–H and O–H groups in total. The number of methoxy groups -OCH3 is 1. The third-order valence-corrected chi connectivity index (χ3v) is 8.34. The molecule has 1 aromatic rings. The summed E-state index contributed by atoms with van der Waals surface area (Å²) in [6.45, 7) is 12.0. The van der Waals surface area contributed by atoms with Crippen LogP contribution < -0.4 is 5.32 Å². The van der Waals surface area contributed by atoms with Gasteiger partial charge in [-0.15, -0.1) is 0 Å². The van der Waals surface area contributed by atoms with E-state index in [0.29, 0.717) is 30.4 Å². The van der Waals surface area contributed by atoms with Crippen molar-refractivity contribution in [1.82, 2.24) is 10.2 Å². The molecule has 0 saturated heterocycles.